The number of benzene rings is 2. The van der Waals surface area contributed by atoms with Gasteiger partial charge in [0.1, 0.15) is 5.01 Å². The minimum atomic E-state index is -3.23. The van der Waals surface area contributed by atoms with Crippen molar-refractivity contribution >= 4 is 27.1 Å². The van der Waals surface area contributed by atoms with Crippen LogP contribution in [-0.2, 0) is 14.6 Å². The van der Waals surface area contributed by atoms with Crippen LogP contribution in [0.4, 0.5) is 0 Å². The van der Waals surface area contributed by atoms with Crippen molar-refractivity contribution in [3.05, 3.63) is 70.7 Å². The van der Waals surface area contributed by atoms with Crippen LogP contribution in [-0.4, -0.2) is 37.1 Å². The molecule has 2 N–H and O–H groups in total. The van der Waals surface area contributed by atoms with Crippen LogP contribution in [0, 0.1) is 5.92 Å². The zero-order valence-electron chi connectivity index (χ0n) is 20.6. The SMILES string of the molecule is CC(C)C[C@H](N[C@@H](c1ccc(-c2ccc(S(C)(=O)=O)cc2)cc1)c1nccs1)C(=O)NC1(C)CC1. The Bertz CT molecular complexity index is 1250. The van der Waals surface area contributed by atoms with E-state index in [0.29, 0.717) is 10.8 Å². The zero-order valence-corrected chi connectivity index (χ0v) is 22.2. The molecule has 1 heterocycles. The van der Waals surface area contributed by atoms with Crippen LogP contribution in [0.15, 0.2) is 65.0 Å². The van der Waals surface area contributed by atoms with Crippen molar-refractivity contribution in [3.8, 4) is 11.1 Å². The van der Waals surface area contributed by atoms with Gasteiger partial charge in [-0.3, -0.25) is 10.1 Å². The summed E-state index contributed by atoms with van der Waals surface area (Å²) in [5.41, 5.74) is 2.89. The lowest BCUT2D eigenvalue weighted by Crippen LogP contribution is -2.49. The van der Waals surface area contributed by atoms with Gasteiger partial charge in [-0.15, -0.1) is 11.3 Å². The number of carbonyl (C=O) groups excluding carboxylic acids is 1. The van der Waals surface area contributed by atoms with E-state index in [1.807, 2.05) is 41.8 Å². The maximum Gasteiger partial charge on any atom is 0.237 e. The highest BCUT2D eigenvalue weighted by molar-refractivity contribution is 7.90. The molecule has 0 radical (unpaired) electrons. The molecule has 0 unspecified atom stereocenters. The summed E-state index contributed by atoms with van der Waals surface area (Å²) in [5.74, 6) is 0.405. The molecule has 0 aliphatic heterocycles. The second-order valence-electron chi connectivity index (χ2n) is 10.1. The first-order chi connectivity index (χ1) is 16.5. The molecule has 2 atom stereocenters. The minimum Gasteiger partial charge on any atom is -0.350 e. The molecule has 1 aliphatic carbocycles. The third-order valence-corrected chi connectivity index (χ3v) is 8.34. The topological polar surface area (TPSA) is 88.2 Å². The summed E-state index contributed by atoms with van der Waals surface area (Å²) >= 11 is 1.57. The molecule has 0 saturated heterocycles. The summed E-state index contributed by atoms with van der Waals surface area (Å²) in [6.45, 7) is 6.35. The summed E-state index contributed by atoms with van der Waals surface area (Å²) in [5, 5.41) is 9.69. The van der Waals surface area contributed by atoms with Crippen molar-refractivity contribution in [1.29, 1.82) is 0 Å². The summed E-state index contributed by atoms with van der Waals surface area (Å²) in [6.07, 6.45) is 5.77. The van der Waals surface area contributed by atoms with Crippen molar-refractivity contribution in [2.75, 3.05) is 6.26 Å². The van der Waals surface area contributed by atoms with E-state index in [-0.39, 0.29) is 23.5 Å². The van der Waals surface area contributed by atoms with Gasteiger partial charge in [0.2, 0.25) is 5.91 Å². The predicted octanol–water partition coefficient (Wildman–Crippen LogP) is 4.98. The number of amides is 1. The lowest BCUT2D eigenvalue weighted by molar-refractivity contribution is -0.124. The molecule has 6 nitrogen and oxygen atoms in total. The number of hydrogen-bond acceptors (Lipinski definition) is 6. The fourth-order valence-electron chi connectivity index (χ4n) is 4.07. The van der Waals surface area contributed by atoms with E-state index in [9.17, 15) is 13.2 Å². The van der Waals surface area contributed by atoms with Crippen LogP contribution in [0.3, 0.4) is 0 Å². The summed E-state index contributed by atoms with van der Waals surface area (Å²) in [7, 11) is -3.23. The number of carbonyl (C=O) groups is 1. The largest absolute Gasteiger partial charge is 0.350 e. The van der Waals surface area contributed by atoms with Gasteiger partial charge in [-0.2, -0.15) is 0 Å². The van der Waals surface area contributed by atoms with Gasteiger partial charge >= 0.3 is 0 Å². The Kier molecular flexibility index (Phi) is 7.45. The quantitative estimate of drug-likeness (QED) is 0.401. The van der Waals surface area contributed by atoms with Crippen LogP contribution >= 0.6 is 11.3 Å². The molecule has 1 aromatic heterocycles. The molecule has 35 heavy (non-hydrogen) atoms. The Labute approximate surface area is 212 Å². The van der Waals surface area contributed by atoms with Gasteiger partial charge in [-0.25, -0.2) is 13.4 Å². The van der Waals surface area contributed by atoms with Crippen molar-refractivity contribution in [3.63, 3.8) is 0 Å². The standard InChI is InChI=1S/C27H33N3O3S2/c1-18(2)17-23(25(31)30-27(3)13-14-27)29-24(26-28-15-16-34-26)21-7-5-19(6-8-21)20-9-11-22(12-10-20)35(4,32)33/h5-12,15-16,18,23-24,29H,13-14,17H2,1-4H3,(H,30,31)/t23-,24-/m0/s1. The highest BCUT2D eigenvalue weighted by Gasteiger charge is 2.40. The molecule has 1 saturated carbocycles. The number of nitrogens with one attached hydrogen (secondary N) is 2. The van der Waals surface area contributed by atoms with E-state index < -0.39 is 9.84 Å². The lowest BCUT2D eigenvalue weighted by atomic mass is 9.98. The van der Waals surface area contributed by atoms with Crippen LogP contribution < -0.4 is 10.6 Å². The fourth-order valence-corrected chi connectivity index (χ4v) is 5.42. The third-order valence-electron chi connectivity index (χ3n) is 6.37. The first-order valence-corrected chi connectivity index (χ1v) is 14.7. The number of sulfone groups is 1. The molecule has 4 rings (SSSR count). The van der Waals surface area contributed by atoms with E-state index in [4.69, 9.17) is 0 Å². The number of thiazole rings is 1. The number of rotatable bonds is 10. The molecular weight excluding hydrogens is 478 g/mol. The van der Waals surface area contributed by atoms with Gasteiger partial charge in [0, 0.05) is 23.4 Å². The molecule has 1 aliphatic rings. The Balaban J connectivity index is 1.58. The maximum absolute atomic E-state index is 13.2. The Morgan fingerprint density at radius 2 is 1.66 bits per heavy atom. The summed E-state index contributed by atoms with van der Waals surface area (Å²) < 4.78 is 23.5. The number of aromatic nitrogens is 1. The highest BCUT2D eigenvalue weighted by Crippen LogP contribution is 2.35. The van der Waals surface area contributed by atoms with E-state index in [2.05, 4.69) is 36.4 Å². The van der Waals surface area contributed by atoms with E-state index >= 15 is 0 Å². The second-order valence-corrected chi connectivity index (χ2v) is 13.1. The van der Waals surface area contributed by atoms with Crippen LogP contribution in [0.1, 0.15) is 56.6 Å². The maximum atomic E-state index is 13.2. The van der Waals surface area contributed by atoms with Crippen LogP contribution in [0.5, 0.6) is 0 Å². The Morgan fingerprint density at radius 1 is 1.06 bits per heavy atom. The van der Waals surface area contributed by atoms with Crippen LogP contribution in [0.2, 0.25) is 0 Å². The number of hydrogen-bond donors (Lipinski definition) is 2. The monoisotopic (exact) mass is 511 g/mol. The average Bonchev–Trinajstić information content (AvgIpc) is 3.29. The van der Waals surface area contributed by atoms with Crippen molar-refractivity contribution < 1.29 is 13.2 Å². The molecule has 2 aromatic carbocycles. The van der Waals surface area contributed by atoms with Gasteiger partial charge in [0.05, 0.1) is 17.0 Å². The van der Waals surface area contributed by atoms with E-state index in [1.165, 1.54) is 6.26 Å². The Hall–Kier alpha value is -2.55. The fraction of sp³-hybridized carbons (Fsp3) is 0.407. The molecule has 1 amide bonds. The molecular formula is C27H33N3O3S2. The first-order valence-electron chi connectivity index (χ1n) is 11.9. The first kappa shape index (κ1) is 25.5. The predicted molar refractivity (Wildman–Crippen MR) is 141 cm³/mol. The lowest BCUT2D eigenvalue weighted by Gasteiger charge is -2.27. The Morgan fingerprint density at radius 3 is 2.14 bits per heavy atom. The molecule has 3 aromatic rings. The molecule has 0 spiro atoms. The summed E-state index contributed by atoms with van der Waals surface area (Å²) in [4.78, 5) is 18.0. The van der Waals surface area contributed by atoms with E-state index in [0.717, 1.165) is 41.0 Å². The third kappa shape index (κ3) is 6.57. The van der Waals surface area contributed by atoms with Crippen molar-refractivity contribution in [1.82, 2.24) is 15.6 Å². The number of nitrogens with zero attached hydrogens (tertiary/aromatic N) is 1. The second kappa shape index (κ2) is 10.2. The van der Waals surface area contributed by atoms with Gasteiger partial charge < -0.3 is 5.32 Å². The molecule has 186 valence electrons. The van der Waals surface area contributed by atoms with Gasteiger partial charge in [-0.05, 0) is 60.9 Å². The minimum absolute atomic E-state index is 0.0443. The van der Waals surface area contributed by atoms with E-state index in [1.54, 1.807) is 29.7 Å². The summed E-state index contributed by atoms with van der Waals surface area (Å²) in [6, 6.07) is 14.5. The van der Waals surface area contributed by atoms with Crippen molar-refractivity contribution in [2.24, 2.45) is 5.92 Å². The highest BCUT2D eigenvalue weighted by atomic mass is 32.2. The molecule has 8 heteroatoms. The van der Waals surface area contributed by atoms with Gasteiger partial charge in [0.15, 0.2) is 9.84 Å². The van der Waals surface area contributed by atoms with Gasteiger partial charge in [-0.1, -0.05) is 50.2 Å². The van der Waals surface area contributed by atoms with Crippen molar-refractivity contribution in [2.45, 2.75) is 62.6 Å². The zero-order chi connectivity index (χ0) is 25.2. The molecule has 0 bridgehead atoms. The molecule has 1 fully saturated rings. The van der Waals surface area contributed by atoms with Crippen LogP contribution in [0.25, 0.3) is 11.1 Å². The normalized spacial score (nSPS) is 16.6. The average molecular weight is 512 g/mol. The smallest absolute Gasteiger partial charge is 0.237 e. The van der Waals surface area contributed by atoms with Gasteiger partial charge in [0.25, 0.3) is 0 Å².